The molecule has 1 fully saturated rings. The molecule has 0 aromatic rings. The molecule has 2 heteroatoms. The van der Waals surface area contributed by atoms with Crippen LogP contribution < -0.4 is 5.32 Å². The quantitative estimate of drug-likeness (QED) is 0.658. The summed E-state index contributed by atoms with van der Waals surface area (Å²) in [6.07, 6.45) is 5.62. The standard InChI is InChI=1S/C10H21NO/c1-3-11-10(8-12-2)7-9-5-4-6-9/h9-11H,3-8H2,1-2H3. The largest absolute Gasteiger partial charge is 0.383 e. The van der Waals surface area contributed by atoms with Gasteiger partial charge in [-0.2, -0.15) is 0 Å². The zero-order chi connectivity index (χ0) is 8.81. The molecule has 0 heterocycles. The summed E-state index contributed by atoms with van der Waals surface area (Å²) in [5.74, 6) is 0.976. The van der Waals surface area contributed by atoms with E-state index in [1.807, 2.05) is 0 Å². The molecule has 1 aliphatic rings. The van der Waals surface area contributed by atoms with Crippen molar-refractivity contribution in [2.24, 2.45) is 5.92 Å². The Hall–Kier alpha value is -0.0800. The Morgan fingerprint density at radius 1 is 1.50 bits per heavy atom. The van der Waals surface area contributed by atoms with Crippen molar-refractivity contribution in [1.29, 1.82) is 0 Å². The lowest BCUT2D eigenvalue weighted by Crippen LogP contribution is -2.36. The van der Waals surface area contributed by atoms with Gasteiger partial charge in [-0.15, -0.1) is 0 Å². The third-order valence-corrected chi connectivity index (χ3v) is 2.70. The van der Waals surface area contributed by atoms with Crippen LogP contribution in [0.2, 0.25) is 0 Å². The van der Waals surface area contributed by atoms with Crippen molar-refractivity contribution >= 4 is 0 Å². The number of methoxy groups -OCH3 is 1. The molecule has 0 aromatic carbocycles. The molecular weight excluding hydrogens is 150 g/mol. The summed E-state index contributed by atoms with van der Waals surface area (Å²) in [6, 6.07) is 0.588. The van der Waals surface area contributed by atoms with Crippen LogP contribution in [-0.2, 0) is 4.74 Å². The maximum absolute atomic E-state index is 5.16. The molecular formula is C10H21NO. The molecule has 1 aliphatic carbocycles. The number of likely N-dealkylation sites (N-methyl/N-ethyl adjacent to an activating group) is 1. The lowest BCUT2D eigenvalue weighted by atomic mass is 9.81. The van der Waals surface area contributed by atoms with Gasteiger partial charge in [-0.05, 0) is 18.9 Å². The zero-order valence-electron chi connectivity index (χ0n) is 8.31. The predicted molar refractivity (Wildman–Crippen MR) is 51.3 cm³/mol. The van der Waals surface area contributed by atoms with Crippen LogP contribution in [0.25, 0.3) is 0 Å². The SMILES string of the molecule is CCNC(COC)CC1CCC1. The lowest BCUT2D eigenvalue weighted by molar-refractivity contribution is 0.142. The first kappa shape index (κ1) is 10.0. The van der Waals surface area contributed by atoms with Crippen molar-refractivity contribution in [3.63, 3.8) is 0 Å². The molecule has 0 bridgehead atoms. The molecule has 2 nitrogen and oxygen atoms in total. The van der Waals surface area contributed by atoms with Gasteiger partial charge in [0.1, 0.15) is 0 Å². The summed E-state index contributed by atoms with van der Waals surface area (Å²) in [7, 11) is 1.78. The van der Waals surface area contributed by atoms with E-state index in [9.17, 15) is 0 Å². The first-order valence-corrected chi connectivity index (χ1v) is 5.09. The molecule has 1 unspecified atom stereocenters. The summed E-state index contributed by atoms with van der Waals surface area (Å²) in [4.78, 5) is 0. The highest BCUT2D eigenvalue weighted by Gasteiger charge is 2.21. The van der Waals surface area contributed by atoms with Gasteiger partial charge >= 0.3 is 0 Å². The van der Waals surface area contributed by atoms with Crippen molar-refractivity contribution in [3.05, 3.63) is 0 Å². The number of hydrogen-bond acceptors (Lipinski definition) is 2. The third kappa shape index (κ3) is 3.11. The van der Waals surface area contributed by atoms with E-state index in [1.54, 1.807) is 7.11 Å². The van der Waals surface area contributed by atoms with Crippen LogP contribution in [0.4, 0.5) is 0 Å². The van der Waals surface area contributed by atoms with Gasteiger partial charge in [0.2, 0.25) is 0 Å². The minimum atomic E-state index is 0.588. The predicted octanol–water partition coefficient (Wildman–Crippen LogP) is 1.80. The monoisotopic (exact) mass is 171 g/mol. The molecule has 0 amide bonds. The molecule has 1 N–H and O–H groups in total. The number of ether oxygens (including phenoxy) is 1. The van der Waals surface area contributed by atoms with Crippen LogP contribution in [0.15, 0.2) is 0 Å². The minimum absolute atomic E-state index is 0.588. The van der Waals surface area contributed by atoms with Crippen LogP contribution in [-0.4, -0.2) is 26.3 Å². The molecule has 0 spiro atoms. The lowest BCUT2D eigenvalue weighted by Gasteiger charge is -2.29. The average molecular weight is 171 g/mol. The minimum Gasteiger partial charge on any atom is -0.383 e. The summed E-state index contributed by atoms with van der Waals surface area (Å²) in [5.41, 5.74) is 0. The fourth-order valence-corrected chi connectivity index (χ4v) is 1.83. The van der Waals surface area contributed by atoms with Crippen molar-refractivity contribution in [1.82, 2.24) is 5.32 Å². The summed E-state index contributed by atoms with van der Waals surface area (Å²) < 4.78 is 5.16. The highest BCUT2D eigenvalue weighted by molar-refractivity contribution is 4.76. The highest BCUT2D eigenvalue weighted by Crippen LogP contribution is 2.30. The van der Waals surface area contributed by atoms with E-state index in [1.165, 1.54) is 25.7 Å². The van der Waals surface area contributed by atoms with Crippen molar-refractivity contribution < 1.29 is 4.74 Å². The Morgan fingerprint density at radius 3 is 2.67 bits per heavy atom. The Bertz CT molecular complexity index is 106. The second-order valence-electron chi connectivity index (χ2n) is 3.74. The van der Waals surface area contributed by atoms with Crippen LogP contribution in [0.1, 0.15) is 32.6 Å². The van der Waals surface area contributed by atoms with Gasteiger partial charge in [-0.3, -0.25) is 0 Å². The second kappa shape index (κ2) is 5.55. The van der Waals surface area contributed by atoms with Gasteiger partial charge in [0.05, 0.1) is 6.61 Å². The van der Waals surface area contributed by atoms with Crippen LogP contribution in [0, 0.1) is 5.92 Å². The fraction of sp³-hybridized carbons (Fsp3) is 1.00. The first-order chi connectivity index (χ1) is 5.86. The normalized spacial score (nSPS) is 20.5. The Balaban J connectivity index is 2.11. The molecule has 72 valence electrons. The molecule has 0 aromatic heterocycles. The Labute approximate surface area is 75.7 Å². The van der Waals surface area contributed by atoms with Crippen LogP contribution in [0.3, 0.4) is 0 Å². The van der Waals surface area contributed by atoms with Gasteiger partial charge in [0.15, 0.2) is 0 Å². The summed E-state index contributed by atoms with van der Waals surface area (Å²) >= 11 is 0. The Kier molecular flexibility index (Phi) is 4.62. The molecule has 0 saturated heterocycles. The van der Waals surface area contributed by atoms with Crippen molar-refractivity contribution in [3.8, 4) is 0 Å². The van der Waals surface area contributed by atoms with Gasteiger partial charge in [-0.25, -0.2) is 0 Å². The molecule has 1 atom stereocenters. The molecule has 0 aliphatic heterocycles. The number of nitrogens with one attached hydrogen (secondary N) is 1. The van der Waals surface area contributed by atoms with Gasteiger partial charge < -0.3 is 10.1 Å². The van der Waals surface area contributed by atoms with E-state index in [-0.39, 0.29) is 0 Å². The highest BCUT2D eigenvalue weighted by atomic mass is 16.5. The zero-order valence-corrected chi connectivity index (χ0v) is 8.31. The van der Waals surface area contributed by atoms with Gasteiger partial charge in [0, 0.05) is 13.2 Å². The number of rotatable bonds is 6. The van der Waals surface area contributed by atoms with Gasteiger partial charge in [-0.1, -0.05) is 26.2 Å². The molecule has 1 rings (SSSR count). The van der Waals surface area contributed by atoms with Crippen LogP contribution in [0.5, 0.6) is 0 Å². The first-order valence-electron chi connectivity index (χ1n) is 5.09. The van der Waals surface area contributed by atoms with Crippen LogP contribution >= 0.6 is 0 Å². The van der Waals surface area contributed by atoms with Crippen molar-refractivity contribution in [2.75, 3.05) is 20.3 Å². The molecule has 12 heavy (non-hydrogen) atoms. The molecule has 0 radical (unpaired) electrons. The summed E-state index contributed by atoms with van der Waals surface area (Å²) in [5, 5.41) is 3.46. The van der Waals surface area contributed by atoms with Gasteiger partial charge in [0.25, 0.3) is 0 Å². The average Bonchev–Trinajstić information content (AvgIpc) is 1.97. The van der Waals surface area contributed by atoms with E-state index in [0.29, 0.717) is 6.04 Å². The third-order valence-electron chi connectivity index (χ3n) is 2.70. The maximum atomic E-state index is 5.16. The summed E-state index contributed by atoms with van der Waals surface area (Å²) in [6.45, 7) is 4.08. The maximum Gasteiger partial charge on any atom is 0.0615 e. The molecule has 1 saturated carbocycles. The van der Waals surface area contributed by atoms with E-state index in [2.05, 4.69) is 12.2 Å². The van der Waals surface area contributed by atoms with E-state index < -0.39 is 0 Å². The second-order valence-corrected chi connectivity index (χ2v) is 3.74. The van der Waals surface area contributed by atoms with Crippen molar-refractivity contribution in [2.45, 2.75) is 38.6 Å². The Morgan fingerprint density at radius 2 is 2.25 bits per heavy atom. The van der Waals surface area contributed by atoms with E-state index in [0.717, 1.165) is 19.1 Å². The fourth-order valence-electron chi connectivity index (χ4n) is 1.83. The smallest absolute Gasteiger partial charge is 0.0615 e. The number of hydrogen-bond donors (Lipinski definition) is 1. The topological polar surface area (TPSA) is 21.3 Å². The van der Waals surface area contributed by atoms with E-state index >= 15 is 0 Å². The van der Waals surface area contributed by atoms with E-state index in [4.69, 9.17) is 4.74 Å².